The van der Waals surface area contributed by atoms with Crippen LogP contribution in [0.2, 0.25) is 5.02 Å². The number of piperidine rings is 1. The first-order chi connectivity index (χ1) is 13.2. The third kappa shape index (κ3) is 3.63. The minimum atomic E-state index is -0.0509. The Bertz CT molecular complexity index is 910. The molecule has 1 amide bonds. The standard InChI is InChI=1S/C20H21ClN4O2/c1-22-15-8-10-24(11-9-15)20(26)17-13-18(19-3-2-12-27-19)25(23-17)16-6-4-14(21)5-7-16/h2-7,12-13,15,22H,8-11H2,1H3. The summed E-state index contributed by atoms with van der Waals surface area (Å²) in [6.07, 6.45) is 3.51. The van der Waals surface area contributed by atoms with Gasteiger partial charge in [0.2, 0.25) is 0 Å². The number of nitrogens with zero attached hydrogens (tertiary/aromatic N) is 3. The van der Waals surface area contributed by atoms with E-state index in [1.54, 1.807) is 29.1 Å². The van der Waals surface area contributed by atoms with Gasteiger partial charge in [-0.1, -0.05) is 11.6 Å². The first kappa shape index (κ1) is 17.8. The highest BCUT2D eigenvalue weighted by Gasteiger charge is 2.26. The maximum Gasteiger partial charge on any atom is 0.274 e. The summed E-state index contributed by atoms with van der Waals surface area (Å²) in [5.41, 5.74) is 1.97. The molecule has 1 N–H and O–H groups in total. The Kier molecular flexibility index (Phi) is 5.01. The molecule has 1 fully saturated rings. The highest BCUT2D eigenvalue weighted by atomic mass is 35.5. The van der Waals surface area contributed by atoms with Gasteiger partial charge in [0.05, 0.1) is 12.0 Å². The minimum Gasteiger partial charge on any atom is -0.463 e. The molecule has 1 saturated heterocycles. The van der Waals surface area contributed by atoms with Crippen molar-refractivity contribution in [3.05, 3.63) is 59.4 Å². The molecule has 1 aromatic carbocycles. The van der Waals surface area contributed by atoms with Crippen LogP contribution < -0.4 is 5.32 Å². The second-order valence-corrected chi connectivity index (χ2v) is 7.07. The third-order valence-corrected chi connectivity index (χ3v) is 5.22. The van der Waals surface area contributed by atoms with Crippen LogP contribution in [0.4, 0.5) is 0 Å². The van der Waals surface area contributed by atoms with E-state index in [0.29, 0.717) is 22.5 Å². The smallest absolute Gasteiger partial charge is 0.274 e. The molecule has 0 unspecified atom stereocenters. The van der Waals surface area contributed by atoms with Crippen molar-refractivity contribution in [3.63, 3.8) is 0 Å². The molecule has 0 spiro atoms. The molecule has 2 aromatic heterocycles. The maximum absolute atomic E-state index is 13.0. The van der Waals surface area contributed by atoms with E-state index in [1.165, 1.54) is 0 Å². The van der Waals surface area contributed by atoms with E-state index >= 15 is 0 Å². The van der Waals surface area contributed by atoms with Crippen LogP contribution in [0.5, 0.6) is 0 Å². The van der Waals surface area contributed by atoms with Gasteiger partial charge in [-0.25, -0.2) is 4.68 Å². The number of halogens is 1. The Balaban J connectivity index is 1.67. The van der Waals surface area contributed by atoms with Gasteiger partial charge >= 0.3 is 0 Å². The van der Waals surface area contributed by atoms with Crippen LogP contribution >= 0.6 is 11.6 Å². The number of carbonyl (C=O) groups excluding carboxylic acids is 1. The number of hydrogen-bond acceptors (Lipinski definition) is 4. The molecule has 0 bridgehead atoms. The van der Waals surface area contributed by atoms with Crippen LogP contribution in [-0.2, 0) is 0 Å². The maximum atomic E-state index is 13.0. The van der Waals surface area contributed by atoms with Crippen LogP contribution in [0, 0.1) is 0 Å². The van der Waals surface area contributed by atoms with Crippen molar-refractivity contribution < 1.29 is 9.21 Å². The lowest BCUT2D eigenvalue weighted by Gasteiger charge is -2.31. The summed E-state index contributed by atoms with van der Waals surface area (Å²) >= 11 is 6.01. The monoisotopic (exact) mass is 384 g/mol. The largest absolute Gasteiger partial charge is 0.463 e. The van der Waals surface area contributed by atoms with E-state index in [9.17, 15) is 4.79 Å². The molecule has 1 aliphatic rings. The van der Waals surface area contributed by atoms with E-state index in [0.717, 1.165) is 37.3 Å². The number of likely N-dealkylation sites (tertiary alicyclic amines) is 1. The number of nitrogens with one attached hydrogen (secondary N) is 1. The zero-order valence-corrected chi connectivity index (χ0v) is 15.8. The molecule has 6 nitrogen and oxygen atoms in total. The average Bonchev–Trinajstić information content (AvgIpc) is 3.38. The fourth-order valence-electron chi connectivity index (χ4n) is 3.40. The van der Waals surface area contributed by atoms with Gasteiger partial charge in [-0.15, -0.1) is 0 Å². The van der Waals surface area contributed by atoms with Crippen molar-refractivity contribution in [1.82, 2.24) is 20.0 Å². The fraction of sp³-hybridized carbons (Fsp3) is 0.300. The van der Waals surface area contributed by atoms with E-state index < -0.39 is 0 Å². The van der Waals surface area contributed by atoms with Crippen molar-refractivity contribution in [2.45, 2.75) is 18.9 Å². The van der Waals surface area contributed by atoms with Gasteiger partial charge in [0, 0.05) is 30.2 Å². The molecule has 140 valence electrons. The van der Waals surface area contributed by atoms with Crippen LogP contribution in [0.15, 0.2) is 53.1 Å². The van der Waals surface area contributed by atoms with Gasteiger partial charge in [-0.05, 0) is 56.3 Å². The van der Waals surface area contributed by atoms with Crippen molar-refractivity contribution in [2.75, 3.05) is 20.1 Å². The predicted molar refractivity (Wildman–Crippen MR) is 104 cm³/mol. The highest BCUT2D eigenvalue weighted by Crippen LogP contribution is 2.26. The zero-order valence-electron chi connectivity index (χ0n) is 15.1. The Morgan fingerprint density at radius 2 is 1.96 bits per heavy atom. The number of hydrogen-bond donors (Lipinski definition) is 1. The van der Waals surface area contributed by atoms with E-state index in [4.69, 9.17) is 16.0 Å². The van der Waals surface area contributed by atoms with Gasteiger partial charge < -0.3 is 14.6 Å². The lowest BCUT2D eigenvalue weighted by Crippen LogP contribution is -2.44. The molecule has 3 aromatic rings. The normalized spacial score (nSPS) is 15.3. The number of carbonyl (C=O) groups is 1. The van der Waals surface area contributed by atoms with Gasteiger partial charge in [-0.3, -0.25) is 4.79 Å². The van der Waals surface area contributed by atoms with E-state index in [1.807, 2.05) is 36.2 Å². The molecule has 1 aliphatic heterocycles. The summed E-state index contributed by atoms with van der Waals surface area (Å²) in [6.45, 7) is 1.46. The molecular weight excluding hydrogens is 364 g/mol. The molecule has 3 heterocycles. The number of amides is 1. The van der Waals surface area contributed by atoms with Crippen molar-refractivity contribution in [3.8, 4) is 17.1 Å². The number of benzene rings is 1. The molecule has 0 aliphatic carbocycles. The van der Waals surface area contributed by atoms with Crippen molar-refractivity contribution in [2.24, 2.45) is 0 Å². The molecule has 7 heteroatoms. The summed E-state index contributed by atoms with van der Waals surface area (Å²) in [5.74, 6) is 0.607. The predicted octanol–water partition coefficient (Wildman–Crippen LogP) is 3.61. The third-order valence-electron chi connectivity index (χ3n) is 4.96. The Labute approximate surface area is 162 Å². The Hall–Kier alpha value is -2.57. The number of furan rings is 1. The number of aromatic nitrogens is 2. The first-order valence-corrected chi connectivity index (χ1v) is 9.40. The van der Waals surface area contributed by atoms with E-state index in [2.05, 4.69) is 10.4 Å². The Morgan fingerprint density at radius 3 is 2.59 bits per heavy atom. The van der Waals surface area contributed by atoms with E-state index in [-0.39, 0.29) is 5.91 Å². The minimum absolute atomic E-state index is 0.0509. The summed E-state index contributed by atoms with van der Waals surface area (Å²) in [4.78, 5) is 14.9. The summed E-state index contributed by atoms with van der Waals surface area (Å²) in [6, 6.07) is 13.3. The van der Waals surface area contributed by atoms with Gasteiger partial charge in [-0.2, -0.15) is 5.10 Å². The lowest BCUT2D eigenvalue weighted by molar-refractivity contribution is 0.0701. The summed E-state index contributed by atoms with van der Waals surface area (Å²) in [5, 5.41) is 8.51. The molecule has 27 heavy (non-hydrogen) atoms. The zero-order chi connectivity index (χ0) is 18.8. The second kappa shape index (κ2) is 7.58. The highest BCUT2D eigenvalue weighted by molar-refractivity contribution is 6.30. The van der Waals surface area contributed by atoms with Gasteiger partial charge in [0.1, 0.15) is 5.69 Å². The van der Waals surface area contributed by atoms with Gasteiger partial charge in [0.15, 0.2) is 11.5 Å². The molecule has 0 radical (unpaired) electrons. The second-order valence-electron chi connectivity index (χ2n) is 6.64. The number of rotatable bonds is 4. The van der Waals surface area contributed by atoms with Crippen molar-refractivity contribution in [1.29, 1.82) is 0 Å². The fourth-order valence-corrected chi connectivity index (χ4v) is 3.52. The van der Waals surface area contributed by atoms with Crippen LogP contribution in [0.3, 0.4) is 0 Å². The van der Waals surface area contributed by atoms with Crippen molar-refractivity contribution >= 4 is 17.5 Å². The van der Waals surface area contributed by atoms with Gasteiger partial charge in [0.25, 0.3) is 5.91 Å². The van der Waals surface area contributed by atoms with Crippen LogP contribution in [0.25, 0.3) is 17.1 Å². The molecule has 0 atom stereocenters. The van der Waals surface area contributed by atoms with Crippen LogP contribution in [0.1, 0.15) is 23.3 Å². The molecule has 0 saturated carbocycles. The van der Waals surface area contributed by atoms with Crippen LogP contribution in [-0.4, -0.2) is 46.8 Å². The quantitative estimate of drug-likeness (QED) is 0.746. The Morgan fingerprint density at radius 1 is 1.22 bits per heavy atom. The molecular formula is C20H21ClN4O2. The summed E-state index contributed by atoms with van der Waals surface area (Å²) in [7, 11) is 1.96. The average molecular weight is 385 g/mol. The SMILES string of the molecule is CNC1CCN(C(=O)c2cc(-c3ccco3)n(-c3ccc(Cl)cc3)n2)CC1. The topological polar surface area (TPSA) is 63.3 Å². The first-order valence-electron chi connectivity index (χ1n) is 9.02. The summed E-state index contributed by atoms with van der Waals surface area (Å²) < 4.78 is 7.28. The lowest BCUT2D eigenvalue weighted by atomic mass is 10.1. The molecule has 4 rings (SSSR count).